The number of likely N-dealkylation sites (tertiary alicyclic amines) is 1. The molecule has 1 amide bonds. The Morgan fingerprint density at radius 3 is 3.00 bits per heavy atom. The van der Waals surface area contributed by atoms with Gasteiger partial charge in [-0.3, -0.25) is 4.79 Å². The van der Waals surface area contributed by atoms with Crippen molar-refractivity contribution in [2.24, 2.45) is 0 Å². The Balaban J connectivity index is 1.85. The van der Waals surface area contributed by atoms with E-state index in [1.165, 1.54) is 12.1 Å². The number of ether oxygens (including phenoxy) is 1. The van der Waals surface area contributed by atoms with Crippen molar-refractivity contribution in [3.8, 4) is 0 Å². The monoisotopic (exact) mass is 293 g/mol. The molecule has 3 nitrogen and oxygen atoms in total. The molecule has 0 radical (unpaired) electrons. The molecule has 0 unspecified atom stereocenters. The first-order chi connectivity index (χ1) is 10.2. The predicted molar refractivity (Wildman–Crippen MR) is 80.6 cm³/mol. The first-order valence-electron chi connectivity index (χ1n) is 7.83. The van der Waals surface area contributed by atoms with E-state index >= 15 is 0 Å². The van der Waals surface area contributed by atoms with Crippen LogP contribution in [-0.2, 0) is 16.0 Å². The van der Waals surface area contributed by atoms with Crippen LogP contribution in [-0.4, -0.2) is 36.6 Å². The van der Waals surface area contributed by atoms with Crippen LogP contribution in [0.15, 0.2) is 24.3 Å². The van der Waals surface area contributed by atoms with E-state index in [1.54, 1.807) is 12.1 Å². The molecule has 1 heterocycles. The average molecular weight is 293 g/mol. The molecular weight excluding hydrogens is 269 g/mol. The number of amides is 1. The Labute approximate surface area is 126 Å². The number of benzene rings is 1. The Hall–Kier alpha value is -1.42. The molecule has 0 bridgehead atoms. The smallest absolute Gasteiger partial charge is 0.226 e. The van der Waals surface area contributed by atoms with Crippen molar-refractivity contribution in [3.05, 3.63) is 35.6 Å². The molecule has 0 N–H and O–H groups in total. The summed E-state index contributed by atoms with van der Waals surface area (Å²) in [7, 11) is 0. The van der Waals surface area contributed by atoms with Crippen LogP contribution in [0.1, 0.15) is 38.2 Å². The first-order valence-corrected chi connectivity index (χ1v) is 7.83. The lowest BCUT2D eigenvalue weighted by Gasteiger charge is -2.21. The first kappa shape index (κ1) is 16.0. The zero-order chi connectivity index (χ0) is 15.1. The van der Waals surface area contributed by atoms with Crippen LogP contribution in [0, 0.1) is 5.82 Å². The third-order valence-electron chi connectivity index (χ3n) is 3.83. The van der Waals surface area contributed by atoms with E-state index in [4.69, 9.17) is 4.74 Å². The van der Waals surface area contributed by atoms with Crippen LogP contribution in [0.2, 0.25) is 0 Å². The van der Waals surface area contributed by atoms with Gasteiger partial charge in [-0.25, -0.2) is 4.39 Å². The van der Waals surface area contributed by atoms with E-state index in [0.29, 0.717) is 0 Å². The number of hydrogen-bond donors (Lipinski definition) is 0. The summed E-state index contributed by atoms with van der Waals surface area (Å²) in [5.74, 6) is -0.207. The van der Waals surface area contributed by atoms with Gasteiger partial charge in [-0.15, -0.1) is 0 Å². The number of carbonyl (C=O) groups excluding carboxylic acids is 1. The lowest BCUT2D eigenvalue weighted by molar-refractivity contribution is -0.130. The van der Waals surface area contributed by atoms with Gasteiger partial charge in [0.15, 0.2) is 0 Å². The van der Waals surface area contributed by atoms with Crippen LogP contribution < -0.4 is 0 Å². The summed E-state index contributed by atoms with van der Waals surface area (Å²) in [5, 5.41) is 0. The second-order valence-corrected chi connectivity index (χ2v) is 5.61. The average Bonchev–Trinajstić information content (AvgIpc) is 2.70. The van der Waals surface area contributed by atoms with E-state index < -0.39 is 0 Å². The van der Waals surface area contributed by atoms with Crippen LogP contribution in [0.3, 0.4) is 0 Å². The molecule has 4 heteroatoms. The number of hydrogen-bond acceptors (Lipinski definition) is 2. The third-order valence-corrected chi connectivity index (χ3v) is 3.83. The fourth-order valence-electron chi connectivity index (χ4n) is 2.70. The lowest BCUT2D eigenvalue weighted by Crippen LogP contribution is -2.33. The summed E-state index contributed by atoms with van der Waals surface area (Å²) in [6.45, 7) is 4.41. The van der Waals surface area contributed by atoms with Crippen molar-refractivity contribution in [2.75, 3.05) is 19.7 Å². The van der Waals surface area contributed by atoms with Crippen LogP contribution >= 0.6 is 0 Å². The molecule has 1 aliphatic rings. The minimum atomic E-state index is -0.288. The number of nitrogens with zero attached hydrogens (tertiary/aromatic N) is 1. The van der Waals surface area contributed by atoms with Crippen molar-refractivity contribution in [1.82, 2.24) is 4.90 Å². The Kier molecular flexibility index (Phi) is 6.18. The Morgan fingerprint density at radius 1 is 1.38 bits per heavy atom. The van der Waals surface area contributed by atoms with E-state index in [0.717, 1.165) is 50.9 Å². The second kappa shape index (κ2) is 8.13. The molecule has 1 atom stereocenters. The molecule has 0 saturated carbocycles. The summed E-state index contributed by atoms with van der Waals surface area (Å²) < 4.78 is 18.9. The lowest BCUT2D eigenvalue weighted by atomic mass is 10.1. The Bertz CT molecular complexity index is 464. The zero-order valence-electron chi connectivity index (χ0n) is 12.7. The van der Waals surface area contributed by atoms with Gasteiger partial charge >= 0.3 is 0 Å². The van der Waals surface area contributed by atoms with Crippen LogP contribution in [0.4, 0.5) is 4.39 Å². The van der Waals surface area contributed by atoms with E-state index in [-0.39, 0.29) is 24.2 Å². The van der Waals surface area contributed by atoms with Crippen molar-refractivity contribution in [3.63, 3.8) is 0 Å². The van der Waals surface area contributed by atoms with Gasteiger partial charge in [0.2, 0.25) is 5.91 Å². The van der Waals surface area contributed by atoms with E-state index in [1.807, 2.05) is 4.90 Å². The van der Waals surface area contributed by atoms with Crippen molar-refractivity contribution in [1.29, 1.82) is 0 Å². The number of carbonyl (C=O) groups is 1. The maximum absolute atomic E-state index is 13.2. The highest BCUT2D eigenvalue weighted by Crippen LogP contribution is 2.16. The highest BCUT2D eigenvalue weighted by Gasteiger charge is 2.21. The van der Waals surface area contributed by atoms with Crippen molar-refractivity contribution < 1.29 is 13.9 Å². The van der Waals surface area contributed by atoms with Gasteiger partial charge in [-0.05, 0) is 43.4 Å². The predicted octanol–water partition coefficient (Wildman–Crippen LogP) is 3.18. The van der Waals surface area contributed by atoms with Gasteiger partial charge in [-0.2, -0.15) is 0 Å². The minimum Gasteiger partial charge on any atom is -0.378 e. The quantitative estimate of drug-likeness (QED) is 0.834. The summed E-state index contributed by atoms with van der Waals surface area (Å²) >= 11 is 0. The second-order valence-electron chi connectivity index (χ2n) is 5.61. The number of rotatable bonds is 5. The maximum Gasteiger partial charge on any atom is 0.226 e. The van der Waals surface area contributed by atoms with Crippen molar-refractivity contribution in [2.45, 2.75) is 45.1 Å². The van der Waals surface area contributed by atoms with E-state index in [2.05, 4.69) is 6.92 Å². The molecule has 1 aromatic carbocycles. The SMILES string of the molecule is CCCO[C@H]1CCCN(C(=O)Cc2cccc(F)c2)CC1. The highest BCUT2D eigenvalue weighted by atomic mass is 19.1. The fraction of sp³-hybridized carbons (Fsp3) is 0.588. The fourth-order valence-corrected chi connectivity index (χ4v) is 2.70. The van der Waals surface area contributed by atoms with Gasteiger partial charge in [0, 0.05) is 19.7 Å². The van der Waals surface area contributed by atoms with Crippen LogP contribution in [0.5, 0.6) is 0 Å². The molecule has 0 aromatic heterocycles. The molecule has 2 rings (SSSR count). The van der Waals surface area contributed by atoms with Crippen LogP contribution in [0.25, 0.3) is 0 Å². The minimum absolute atomic E-state index is 0.0803. The summed E-state index contributed by atoms with van der Waals surface area (Å²) in [6.07, 6.45) is 4.47. The highest BCUT2D eigenvalue weighted by molar-refractivity contribution is 5.78. The van der Waals surface area contributed by atoms with E-state index in [9.17, 15) is 9.18 Å². The van der Waals surface area contributed by atoms with Gasteiger partial charge in [0.05, 0.1) is 12.5 Å². The molecular formula is C17H24FNO2. The maximum atomic E-state index is 13.2. The number of halogens is 1. The molecule has 0 spiro atoms. The molecule has 0 aliphatic carbocycles. The molecule has 1 fully saturated rings. The largest absolute Gasteiger partial charge is 0.378 e. The van der Waals surface area contributed by atoms with Crippen molar-refractivity contribution >= 4 is 5.91 Å². The summed E-state index contributed by atoms with van der Waals surface area (Å²) in [5.41, 5.74) is 0.739. The molecule has 1 aliphatic heterocycles. The van der Waals surface area contributed by atoms with Gasteiger partial charge in [0.25, 0.3) is 0 Å². The molecule has 1 saturated heterocycles. The topological polar surface area (TPSA) is 29.5 Å². The Morgan fingerprint density at radius 2 is 2.24 bits per heavy atom. The normalized spacial score (nSPS) is 19.3. The zero-order valence-corrected chi connectivity index (χ0v) is 12.7. The van der Waals surface area contributed by atoms with Gasteiger partial charge < -0.3 is 9.64 Å². The molecule has 21 heavy (non-hydrogen) atoms. The standard InChI is InChI=1S/C17H24FNO2/c1-2-11-21-16-7-4-9-19(10-8-16)17(20)13-14-5-3-6-15(18)12-14/h3,5-6,12,16H,2,4,7-11,13H2,1H3/t16-/m0/s1. The summed E-state index contributed by atoms with van der Waals surface area (Å²) in [4.78, 5) is 14.2. The third kappa shape index (κ3) is 5.12. The summed E-state index contributed by atoms with van der Waals surface area (Å²) in [6, 6.07) is 6.28. The molecule has 1 aromatic rings. The van der Waals surface area contributed by atoms with Gasteiger partial charge in [0.1, 0.15) is 5.82 Å². The van der Waals surface area contributed by atoms with Gasteiger partial charge in [-0.1, -0.05) is 19.1 Å². The molecule has 116 valence electrons.